The van der Waals surface area contributed by atoms with Crippen molar-refractivity contribution in [3.05, 3.63) is 89.4 Å². The highest BCUT2D eigenvalue weighted by atomic mass is 19.1. The molecule has 0 N–H and O–H groups in total. The van der Waals surface area contributed by atoms with Crippen LogP contribution in [0.3, 0.4) is 0 Å². The summed E-state index contributed by atoms with van der Waals surface area (Å²) in [6, 6.07) is 15.0. The van der Waals surface area contributed by atoms with E-state index in [1.54, 1.807) is 19.2 Å². The third-order valence-electron chi connectivity index (χ3n) is 5.97. The van der Waals surface area contributed by atoms with E-state index in [0.29, 0.717) is 19.3 Å². The first-order valence-electron chi connectivity index (χ1n) is 10.9. The summed E-state index contributed by atoms with van der Waals surface area (Å²) in [5, 5.41) is 0. The molecule has 2 heterocycles. The van der Waals surface area contributed by atoms with Crippen LogP contribution in [-0.4, -0.2) is 37.8 Å². The van der Waals surface area contributed by atoms with Crippen molar-refractivity contribution < 1.29 is 18.6 Å². The molecule has 2 aromatic rings. The van der Waals surface area contributed by atoms with Crippen LogP contribution in [0.15, 0.2) is 72.5 Å². The minimum atomic E-state index is -0.773. The number of hydrogen-bond acceptors (Lipinski definition) is 4. The molecule has 4 rings (SSSR count). The lowest BCUT2D eigenvalue weighted by molar-refractivity contribution is -0.172. The highest BCUT2D eigenvalue weighted by molar-refractivity contribution is 5.30. The maximum atomic E-state index is 13.4. The van der Waals surface area contributed by atoms with Crippen molar-refractivity contribution in [1.82, 2.24) is 4.90 Å². The molecule has 1 fully saturated rings. The monoisotopic (exact) mass is 423 g/mol. The van der Waals surface area contributed by atoms with Crippen LogP contribution in [0.1, 0.15) is 30.9 Å². The quantitative estimate of drug-likeness (QED) is 0.584. The summed E-state index contributed by atoms with van der Waals surface area (Å²) in [5.74, 6) is -0.151. The van der Waals surface area contributed by atoms with E-state index in [9.17, 15) is 4.39 Å². The zero-order valence-corrected chi connectivity index (χ0v) is 18.2. The minimum absolute atomic E-state index is 0.251. The van der Waals surface area contributed by atoms with Crippen molar-refractivity contribution in [1.29, 1.82) is 0 Å². The van der Waals surface area contributed by atoms with Crippen LogP contribution in [0.25, 0.3) is 0 Å². The number of rotatable bonds is 8. The highest BCUT2D eigenvalue weighted by Gasteiger charge is 2.38. The Morgan fingerprint density at radius 3 is 2.45 bits per heavy atom. The molecule has 4 nitrogen and oxygen atoms in total. The second-order valence-corrected chi connectivity index (χ2v) is 8.14. The summed E-state index contributed by atoms with van der Waals surface area (Å²) >= 11 is 0. The van der Waals surface area contributed by atoms with E-state index in [1.165, 1.54) is 23.3 Å². The van der Waals surface area contributed by atoms with Gasteiger partial charge in [0, 0.05) is 18.5 Å². The Kier molecular flexibility index (Phi) is 6.73. The predicted octanol–water partition coefficient (Wildman–Crippen LogP) is 5.20. The van der Waals surface area contributed by atoms with Crippen LogP contribution in [0.5, 0.6) is 5.75 Å². The van der Waals surface area contributed by atoms with Crippen molar-refractivity contribution in [3.63, 3.8) is 0 Å². The maximum absolute atomic E-state index is 13.4. The predicted molar refractivity (Wildman–Crippen MR) is 119 cm³/mol. The average Bonchev–Trinajstić information content (AvgIpc) is 3.26. The van der Waals surface area contributed by atoms with Gasteiger partial charge in [0.05, 0.1) is 26.4 Å². The summed E-state index contributed by atoms with van der Waals surface area (Å²) in [5.41, 5.74) is 3.44. The highest BCUT2D eigenvalue weighted by Crippen LogP contribution is 2.36. The molecule has 1 atom stereocenters. The van der Waals surface area contributed by atoms with Gasteiger partial charge in [-0.25, -0.2) is 4.39 Å². The van der Waals surface area contributed by atoms with Crippen molar-refractivity contribution in [2.24, 2.45) is 0 Å². The second kappa shape index (κ2) is 9.67. The molecule has 0 aromatic heterocycles. The molecule has 0 saturated carbocycles. The fourth-order valence-corrected chi connectivity index (χ4v) is 4.31. The Morgan fingerprint density at radius 1 is 1.06 bits per heavy atom. The first-order chi connectivity index (χ1) is 15.1. The molecule has 1 unspecified atom stereocenters. The van der Waals surface area contributed by atoms with Gasteiger partial charge in [0.1, 0.15) is 11.6 Å². The summed E-state index contributed by atoms with van der Waals surface area (Å²) in [6.07, 6.45) is 9.21. The summed E-state index contributed by atoms with van der Waals surface area (Å²) in [4.78, 5) is 2.38. The lowest BCUT2D eigenvalue weighted by Gasteiger charge is -2.34. The Labute approximate surface area is 183 Å². The molecule has 0 bridgehead atoms. The largest absolute Gasteiger partial charge is 0.497 e. The first-order valence-corrected chi connectivity index (χ1v) is 10.9. The molecule has 2 aromatic carbocycles. The Hall–Kier alpha value is -2.63. The summed E-state index contributed by atoms with van der Waals surface area (Å²) in [7, 11) is 1.69. The standard InChI is InChI=1S/C26H30FNO3/c1-20-12-15-28(24(18-20)19-21-4-10-25(29-2)11-5-21)14-3-13-26(30-16-17-31-26)22-6-8-23(27)9-7-22/h4-12,15,18,24H,3,13-14,16-17,19H2,1-2H3. The van der Waals surface area contributed by atoms with Gasteiger partial charge in [-0.1, -0.05) is 35.9 Å². The number of hydrogen-bond donors (Lipinski definition) is 0. The number of ether oxygens (including phenoxy) is 3. The first kappa shape index (κ1) is 21.6. The number of benzene rings is 2. The van der Waals surface area contributed by atoms with Crippen LogP contribution >= 0.6 is 0 Å². The van der Waals surface area contributed by atoms with Crippen LogP contribution in [0, 0.1) is 5.82 Å². The normalized spacial score (nSPS) is 20.0. The van der Waals surface area contributed by atoms with Crippen LogP contribution in [0.2, 0.25) is 0 Å². The van der Waals surface area contributed by atoms with E-state index in [4.69, 9.17) is 14.2 Å². The summed E-state index contributed by atoms with van der Waals surface area (Å²) in [6.45, 7) is 4.14. The molecule has 0 aliphatic carbocycles. The van der Waals surface area contributed by atoms with Gasteiger partial charge < -0.3 is 19.1 Å². The zero-order valence-electron chi connectivity index (χ0n) is 18.2. The molecule has 0 amide bonds. The van der Waals surface area contributed by atoms with Gasteiger partial charge in [0.2, 0.25) is 0 Å². The number of nitrogens with zero attached hydrogens (tertiary/aromatic N) is 1. The molecule has 2 aliphatic heterocycles. The molecule has 1 saturated heterocycles. The van der Waals surface area contributed by atoms with E-state index in [2.05, 4.69) is 42.3 Å². The van der Waals surface area contributed by atoms with Gasteiger partial charge in [-0.2, -0.15) is 0 Å². The third-order valence-corrected chi connectivity index (χ3v) is 5.97. The molecule has 31 heavy (non-hydrogen) atoms. The SMILES string of the molecule is COc1ccc(CC2C=C(C)C=CN2CCCC2(c3ccc(F)cc3)OCCO2)cc1. The van der Waals surface area contributed by atoms with E-state index in [-0.39, 0.29) is 5.82 Å². The number of methoxy groups -OCH3 is 1. The third kappa shape index (κ3) is 5.17. The molecular formula is C26H30FNO3. The van der Waals surface area contributed by atoms with Crippen LogP contribution < -0.4 is 4.74 Å². The van der Waals surface area contributed by atoms with Gasteiger partial charge in [-0.15, -0.1) is 0 Å². The van der Waals surface area contributed by atoms with Gasteiger partial charge in [0.25, 0.3) is 0 Å². The van der Waals surface area contributed by atoms with E-state index in [1.807, 2.05) is 12.1 Å². The number of halogens is 1. The van der Waals surface area contributed by atoms with Gasteiger partial charge in [0.15, 0.2) is 5.79 Å². The van der Waals surface area contributed by atoms with Gasteiger partial charge in [-0.05, 0) is 61.9 Å². The fraction of sp³-hybridized carbons (Fsp3) is 0.385. The molecule has 2 aliphatic rings. The second-order valence-electron chi connectivity index (χ2n) is 8.14. The van der Waals surface area contributed by atoms with E-state index >= 15 is 0 Å². The number of allylic oxidation sites excluding steroid dienone is 2. The lowest BCUT2D eigenvalue weighted by Crippen LogP contribution is -2.35. The van der Waals surface area contributed by atoms with Gasteiger partial charge in [-0.3, -0.25) is 0 Å². The Morgan fingerprint density at radius 2 is 1.77 bits per heavy atom. The van der Waals surface area contributed by atoms with Crippen LogP contribution in [-0.2, 0) is 21.7 Å². The average molecular weight is 424 g/mol. The van der Waals surface area contributed by atoms with Gasteiger partial charge >= 0.3 is 0 Å². The minimum Gasteiger partial charge on any atom is -0.497 e. The van der Waals surface area contributed by atoms with Crippen molar-refractivity contribution in [3.8, 4) is 5.75 Å². The van der Waals surface area contributed by atoms with Crippen molar-refractivity contribution in [2.75, 3.05) is 26.9 Å². The molecular weight excluding hydrogens is 393 g/mol. The van der Waals surface area contributed by atoms with Crippen LogP contribution in [0.4, 0.5) is 4.39 Å². The molecule has 0 spiro atoms. The van der Waals surface area contributed by atoms with E-state index < -0.39 is 5.79 Å². The molecule has 5 heteroatoms. The molecule has 0 radical (unpaired) electrons. The smallest absolute Gasteiger partial charge is 0.195 e. The van der Waals surface area contributed by atoms with Crippen molar-refractivity contribution in [2.45, 2.75) is 38.0 Å². The van der Waals surface area contributed by atoms with E-state index in [0.717, 1.165) is 37.1 Å². The Bertz CT molecular complexity index is 915. The Balaban J connectivity index is 1.40. The van der Waals surface area contributed by atoms with Crippen molar-refractivity contribution >= 4 is 0 Å². The lowest BCUT2D eigenvalue weighted by atomic mass is 9.98. The topological polar surface area (TPSA) is 30.9 Å². The maximum Gasteiger partial charge on any atom is 0.195 e. The fourth-order valence-electron chi connectivity index (χ4n) is 4.31. The molecule has 164 valence electrons. The zero-order chi connectivity index (χ0) is 21.7. The summed E-state index contributed by atoms with van der Waals surface area (Å²) < 4.78 is 30.7.